The maximum absolute atomic E-state index is 13.4. The van der Waals surface area contributed by atoms with Gasteiger partial charge in [0, 0.05) is 6.42 Å². The molecule has 0 spiro atoms. The van der Waals surface area contributed by atoms with Gasteiger partial charge in [-0.05, 0) is 57.2 Å². The van der Waals surface area contributed by atoms with Crippen LogP contribution in [0.15, 0.2) is 0 Å². The number of carbonyl (C=O) groups excluding carboxylic acids is 2. The molecule has 31 heavy (non-hydrogen) atoms. The van der Waals surface area contributed by atoms with Crippen LogP contribution < -0.4 is 5.32 Å². The summed E-state index contributed by atoms with van der Waals surface area (Å²) in [5, 5.41) is 3.09. The first kappa shape index (κ1) is 28.2. The van der Waals surface area contributed by atoms with Gasteiger partial charge in [0.05, 0.1) is 6.04 Å². The summed E-state index contributed by atoms with van der Waals surface area (Å²) in [7, 11) is -2.03. The molecule has 1 amide bonds. The zero-order chi connectivity index (χ0) is 23.7. The second-order valence-electron chi connectivity index (χ2n) is 10.8. The molecule has 1 N–H and O–H groups in total. The Balaban J connectivity index is 3.21. The highest BCUT2D eigenvalue weighted by molar-refractivity contribution is 6.73. The minimum absolute atomic E-state index is 0.124. The molecule has 0 unspecified atom stereocenters. The number of Topliss-reactive ketones (excluding diaryl/α,β-unsaturated/α-hetero) is 1. The summed E-state index contributed by atoms with van der Waals surface area (Å²) in [6, 6.07) is 2.61. The van der Waals surface area contributed by atoms with E-state index in [0.29, 0.717) is 12.3 Å². The van der Waals surface area contributed by atoms with Gasteiger partial charge in [-0.2, -0.15) is 0 Å². The van der Waals surface area contributed by atoms with Crippen molar-refractivity contribution < 1.29 is 18.8 Å². The van der Waals surface area contributed by atoms with Gasteiger partial charge in [-0.15, -0.1) is 0 Å². The molecular weight excluding hydrogens is 406 g/mol. The van der Waals surface area contributed by atoms with Crippen molar-refractivity contribution >= 4 is 20.2 Å². The smallest absolute Gasteiger partial charge is 0.407 e. The molecule has 5 nitrogen and oxygen atoms in total. The molecule has 0 aromatic rings. The number of ketones is 1. The van der Waals surface area contributed by atoms with Gasteiger partial charge in [0.2, 0.25) is 0 Å². The van der Waals surface area contributed by atoms with Crippen molar-refractivity contribution in [3.8, 4) is 0 Å². The third-order valence-corrected chi connectivity index (χ3v) is 11.2. The van der Waals surface area contributed by atoms with Gasteiger partial charge < -0.3 is 14.5 Å². The highest BCUT2D eigenvalue weighted by Crippen LogP contribution is 2.31. The normalized spacial score (nSPS) is 18.0. The van der Waals surface area contributed by atoms with Crippen molar-refractivity contribution in [2.75, 3.05) is 0 Å². The number of nitrogens with one attached hydrogen (secondary N) is 1. The molecule has 0 aromatic heterocycles. The van der Waals surface area contributed by atoms with E-state index in [-0.39, 0.29) is 17.7 Å². The molecule has 182 valence electrons. The number of ether oxygens (including phenoxy) is 1. The van der Waals surface area contributed by atoms with Gasteiger partial charge in [0.1, 0.15) is 11.7 Å². The molecule has 0 radical (unpaired) electrons. The third kappa shape index (κ3) is 10.1. The van der Waals surface area contributed by atoms with Gasteiger partial charge in [-0.1, -0.05) is 66.7 Å². The first-order chi connectivity index (χ1) is 14.4. The first-order valence-electron chi connectivity index (χ1n) is 12.6. The van der Waals surface area contributed by atoms with E-state index >= 15 is 0 Å². The highest BCUT2D eigenvalue weighted by Gasteiger charge is 2.40. The van der Waals surface area contributed by atoms with Crippen molar-refractivity contribution in [3.05, 3.63) is 0 Å². The molecule has 2 atom stereocenters. The molecule has 0 aliphatic heterocycles. The zero-order valence-electron chi connectivity index (χ0n) is 21.5. The van der Waals surface area contributed by atoms with Crippen LogP contribution >= 0.6 is 0 Å². The van der Waals surface area contributed by atoms with Crippen LogP contribution in [0.3, 0.4) is 0 Å². The summed E-state index contributed by atoms with van der Waals surface area (Å²) < 4.78 is 12.4. The molecule has 6 heteroatoms. The molecule has 1 fully saturated rings. The van der Waals surface area contributed by atoms with Crippen LogP contribution in [0.2, 0.25) is 18.1 Å². The molecule has 1 saturated carbocycles. The minimum atomic E-state index is -2.03. The molecule has 0 heterocycles. The Bertz CT molecular complexity index is 540. The standard InChI is InChI=1S/C25H49NO4Si/c1-9-31(10-2,11-3)30-23(22(27)17-19(4)5)21(18-20-15-13-12-14-16-20)26-24(28)29-25(6,7)8/h19-21,23H,9-18H2,1-8H3,(H,26,28)/t21-,23+/m0/s1. The molecule has 0 aromatic carbocycles. The molecular formula is C25H49NO4Si. The quantitative estimate of drug-likeness (QED) is 0.327. The summed E-state index contributed by atoms with van der Waals surface area (Å²) in [6.45, 7) is 16.3. The van der Waals surface area contributed by atoms with E-state index in [1.165, 1.54) is 19.3 Å². The van der Waals surface area contributed by atoms with E-state index in [0.717, 1.165) is 37.4 Å². The monoisotopic (exact) mass is 455 g/mol. The van der Waals surface area contributed by atoms with Gasteiger partial charge >= 0.3 is 6.09 Å². The number of alkyl carbamates (subject to hydrolysis) is 1. The average molecular weight is 456 g/mol. The van der Waals surface area contributed by atoms with E-state index in [2.05, 4.69) is 39.9 Å². The minimum Gasteiger partial charge on any atom is -0.444 e. The van der Waals surface area contributed by atoms with Crippen molar-refractivity contribution in [2.45, 2.75) is 136 Å². The lowest BCUT2D eigenvalue weighted by molar-refractivity contribution is -0.128. The Hall–Kier alpha value is -0.883. The van der Waals surface area contributed by atoms with Crippen LogP contribution in [0.4, 0.5) is 4.79 Å². The maximum Gasteiger partial charge on any atom is 0.407 e. The fraction of sp³-hybridized carbons (Fsp3) is 0.920. The van der Waals surface area contributed by atoms with Gasteiger partial charge in [0.15, 0.2) is 14.1 Å². The van der Waals surface area contributed by atoms with Gasteiger partial charge in [-0.25, -0.2) is 4.79 Å². The topological polar surface area (TPSA) is 64.6 Å². The largest absolute Gasteiger partial charge is 0.444 e. The van der Waals surface area contributed by atoms with Gasteiger partial charge in [-0.3, -0.25) is 4.79 Å². The number of hydrogen-bond acceptors (Lipinski definition) is 4. The number of amides is 1. The lowest BCUT2D eigenvalue weighted by Gasteiger charge is -2.38. The zero-order valence-corrected chi connectivity index (χ0v) is 22.5. The second-order valence-corrected chi connectivity index (χ2v) is 15.6. The van der Waals surface area contributed by atoms with E-state index in [4.69, 9.17) is 9.16 Å². The lowest BCUT2D eigenvalue weighted by Crippen LogP contribution is -2.55. The highest BCUT2D eigenvalue weighted by atomic mass is 28.4. The predicted octanol–water partition coefficient (Wildman–Crippen LogP) is 6.86. The number of rotatable bonds is 12. The van der Waals surface area contributed by atoms with Crippen molar-refractivity contribution in [2.24, 2.45) is 11.8 Å². The Labute approximate surface area is 192 Å². The predicted molar refractivity (Wildman–Crippen MR) is 131 cm³/mol. The Morgan fingerprint density at radius 3 is 2.00 bits per heavy atom. The van der Waals surface area contributed by atoms with Crippen molar-refractivity contribution in [1.29, 1.82) is 0 Å². The van der Waals surface area contributed by atoms with E-state index in [9.17, 15) is 9.59 Å². The van der Waals surface area contributed by atoms with Crippen LogP contribution in [0.5, 0.6) is 0 Å². The Morgan fingerprint density at radius 1 is 1.00 bits per heavy atom. The molecule has 1 aliphatic rings. The van der Waals surface area contributed by atoms with Crippen LogP contribution in [0.1, 0.15) is 100 Å². The lowest BCUT2D eigenvalue weighted by atomic mass is 9.83. The summed E-state index contributed by atoms with van der Waals surface area (Å²) >= 11 is 0. The second kappa shape index (κ2) is 13.0. The Morgan fingerprint density at radius 2 is 1.55 bits per heavy atom. The number of hydrogen-bond donors (Lipinski definition) is 1. The molecule has 1 aliphatic carbocycles. The summed E-state index contributed by atoms with van der Waals surface area (Å²) in [5.74, 6) is 0.906. The molecule has 0 bridgehead atoms. The van der Waals surface area contributed by atoms with Gasteiger partial charge in [0.25, 0.3) is 0 Å². The van der Waals surface area contributed by atoms with Crippen molar-refractivity contribution in [1.82, 2.24) is 5.32 Å². The summed E-state index contributed by atoms with van der Waals surface area (Å²) in [5.41, 5.74) is -0.577. The van der Waals surface area contributed by atoms with E-state index in [1.807, 2.05) is 20.8 Å². The van der Waals surface area contributed by atoms with Crippen LogP contribution in [0, 0.1) is 11.8 Å². The molecule has 1 rings (SSSR count). The Kier molecular flexibility index (Phi) is 11.8. The van der Waals surface area contributed by atoms with E-state index < -0.39 is 26.1 Å². The fourth-order valence-electron chi connectivity index (χ4n) is 4.66. The first-order valence-corrected chi connectivity index (χ1v) is 15.2. The van der Waals surface area contributed by atoms with Crippen LogP contribution in [0.25, 0.3) is 0 Å². The third-order valence-electron chi connectivity index (χ3n) is 6.62. The number of carbonyl (C=O) groups is 2. The SMILES string of the molecule is CC[Si](CC)(CC)O[C@@H](C(=O)CC(C)C)[C@H](CC1CCCCC1)NC(=O)OC(C)(C)C. The van der Waals surface area contributed by atoms with Crippen molar-refractivity contribution in [3.63, 3.8) is 0 Å². The summed E-state index contributed by atoms with van der Waals surface area (Å²) in [6.07, 6.45) is 6.30. The summed E-state index contributed by atoms with van der Waals surface area (Å²) in [4.78, 5) is 26.2. The van der Waals surface area contributed by atoms with Crippen LogP contribution in [-0.2, 0) is 14.0 Å². The van der Waals surface area contributed by atoms with E-state index in [1.54, 1.807) is 0 Å². The average Bonchev–Trinajstić information content (AvgIpc) is 2.68. The fourth-order valence-corrected chi connectivity index (χ4v) is 7.49. The maximum atomic E-state index is 13.4. The molecule has 0 saturated heterocycles. The van der Waals surface area contributed by atoms with Crippen LogP contribution in [-0.4, -0.2) is 37.9 Å².